The van der Waals surface area contributed by atoms with Crippen molar-refractivity contribution < 1.29 is 0 Å². The van der Waals surface area contributed by atoms with Crippen molar-refractivity contribution in [1.29, 1.82) is 0 Å². The summed E-state index contributed by atoms with van der Waals surface area (Å²) in [7, 11) is 0. The van der Waals surface area contributed by atoms with E-state index >= 15 is 0 Å². The fourth-order valence-corrected chi connectivity index (χ4v) is 4.83. The topological polar surface area (TPSA) is 46.8 Å². The van der Waals surface area contributed by atoms with Gasteiger partial charge in [-0.2, -0.15) is 4.68 Å². The summed E-state index contributed by atoms with van der Waals surface area (Å²) in [5.74, 6) is 1.86. The number of aryl methyl sites for hydroxylation is 2. The van der Waals surface area contributed by atoms with Gasteiger partial charge in [0, 0.05) is 0 Å². The number of rotatable bonds is 3. The standard InChI is InChI=1S/C20H29N5/c1-15-9-11-20(12-10-15,24-13-4-5-14-24)19-21-22-23-25(19)18-16(2)7-6-8-17(18)3/h6-8,15H,4-5,9-14H2,1-3H3. The van der Waals surface area contributed by atoms with E-state index in [0.29, 0.717) is 0 Å². The van der Waals surface area contributed by atoms with Crippen LogP contribution in [0.1, 0.15) is 62.4 Å². The fraction of sp³-hybridized carbons (Fsp3) is 0.650. The molecule has 1 saturated carbocycles. The largest absolute Gasteiger partial charge is 0.291 e. The lowest BCUT2D eigenvalue weighted by Crippen LogP contribution is -2.48. The van der Waals surface area contributed by atoms with Crippen molar-refractivity contribution in [2.75, 3.05) is 13.1 Å². The fourth-order valence-electron chi connectivity index (χ4n) is 4.83. The molecule has 5 heteroatoms. The molecule has 2 aromatic rings. The van der Waals surface area contributed by atoms with E-state index in [4.69, 9.17) is 0 Å². The summed E-state index contributed by atoms with van der Waals surface area (Å²) in [6.45, 7) is 9.03. The zero-order valence-electron chi connectivity index (χ0n) is 15.7. The molecule has 1 aromatic carbocycles. The zero-order chi connectivity index (χ0) is 17.4. The first-order valence-corrected chi connectivity index (χ1v) is 9.72. The summed E-state index contributed by atoms with van der Waals surface area (Å²) >= 11 is 0. The van der Waals surface area contributed by atoms with Gasteiger partial charge < -0.3 is 0 Å². The Bertz CT molecular complexity index is 716. The van der Waals surface area contributed by atoms with Gasteiger partial charge in [0.2, 0.25) is 0 Å². The Hall–Kier alpha value is -1.75. The van der Waals surface area contributed by atoms with Crippen LogP contribution in [0.4, 0.5) is 0 Å². The molecule has 0 bridgehead atoms. The average molecular weight is 339 g/mol. The molecule has 0 radical (unpaired) electrons. The van der Waals surface area contributed by atoms with Crippen molar-refractivity contribution in [1.82, 2.24) is 25.1 Å². The number of para-hydroxylation sites is 1. The molecule has 0 atom stereocenters. The first-order chi connectivity index (χ1) is 12.1. The van der Waals surface area contributed by atoms with Crippen LogP contribution in [0.2, 0.25) is 0 Å². The van der Waals surface area contributed by atoms with Crippen LogP contribution in [0.25, 0.3) is 5.69 Å². The molecule has 0 unspecified atom stereocenters. The maximum Gasteiger partial charge on any atom is 0.176 e. The van der Waals surface area contributed by atoms with Crippen molar-refractivity contribution in [3.05, 3.63) is 35.2 Å². The highest BCUT2D eigenvalue weighted by Crippen LogP contribution is 2.45. The summed E-state index contributed by atoms with van der Waals surface area (Å²) in [5.41, 5.74) is 3.62. The number of hydrogen-bond donors (Lipinski definition) is 0. The monoisotopic (exact) mass is 339 g/mol. The van der Waals surface area contributed by atoms with Gasteiger partial charge in [0.05, 0.1) is 11.2 Å². The second-order valence-electron chi connectivity index (χ2n) is 8.06. The minimum absolute atomic E-state index is 0.00122. The third kappa shape index (κ3) is 2.78. The molecule has 1 aliphatic carbocycles. The normalized spacial score (nSPS) is 27.7. The van der Waals surface area contributed by atoms with Crippen molar-refractivity contribution in [3.63, 3.8) is 0 Å². The molecular weight excluding hydrogens is 310 g/mol. The van der Waals surface area contributed by atoms with Gasteiger partial charge in [0.25, 0.3) is 0 Å². The molecule has 5 nitrogen and oxygen atoms in total. The summed E-state index contributed by atoms with van der Waals surface area (Å²) in [5, 5.41) is 13.2. The van der Waals surface area contributed by atoms with Gasteiger partial charge in [-0.05, 0) is 92.9 Å². The Kier molecular flexibility index (Phi) is 4.36. The molecule has 0 spiro atoms. The summed E-state index contributed by atoms with van der Waals surface area (Å²) < 4.78 is 2.04. The highest BCUT2D eigenvalue weighted by Gasteiger charge is 2.46. The Labute approximate surface area is 150 Å². The van der Waals surface area contributed by atoms with Crippen molar-refractivity contribution >= 4 is 0 Å². The van der Waals surface area contributed by atoms with Crippen LogP contribution >= 0.6 is 0 Å². The van der Waals surface area contributed by atoms with Crippen LogP contribution in [-0.2, 0) is 5.54 Å². The molecule has 4 rings (SSSR count). The van der Waals surface area contributed by atoms with E-state index in [1.165, 1.54) is 62.7 Å². The predicted octanol–water partition coefficient (Wildman–Crippen LogP) is 3.78. The molecule has 2 heterocycles. The molecule has 1 aliphatic heterocycles. The Morgan fingerprint density at radius 2 is 1.68 bits per heavy atom. The number of likely N-dealkylation sites (tertiary alicyclic amines) is 1. The molecular formula is C20H29N5. The first-order valence-electron chi connectivity index (χ1n) is 9.72. The second-order valence-corrected chi connectivity index (χ2v) is 8.06. The molecule has 0 N–H and O–H groups in total. The lowest BCUT2D eigenvalue weighted by molar-refractivity contribution is 0.0455. The van der Waals surface area contributed by atoms with E-state index in [-0.39, 0.29) is 5.54 Å². The zero-order valence-corrected chi connectivity index (χ0v) is 15.7. The van der Waals surface area contributed by atoms with Gasteiger partial charge in [-0.15, -0.1) is 5.10 Å². The van der Waals surface area contributed by atoms with Crippen molar-refractivity contribution in [2.45, 2.75) is 64.8 Å². The molecule has 2 aliphatic rings. The maximum absolute atomic E-state index is 4.60. The average Bonchev–Trinajstić information content (AvgIpc) is 3.28. The van der Waals surface area contributed by atoms with E-state index in [1.54, 1.807) is 0 Å². The molecule has 134 valence electrons. The van der Waals surface area contributed by atoms with Crippen LogP contribution in [0.5, 0.6) is 0 Å². The van der Waals surface area contributed by atoms with Gasteiger partial charge in [0.1, 0.15) is 0 Å². The first kappa shape index (κ1) is 16.7. The number of benzene rings is 1. The van der Waals surface area contributed by atoms with Crippen LogP contribution in [0, 0.1) is 19.8 Å². The predicted molar refractivity (Wildman–Crippen MR) is 98.7 cm³/mol. The Morgan fingerprint density at radius 1 is 1.04 bits per heavy atom. The highest BCUT2D eigenvalue weighted by atomic mass is 15.6. The third-order valence-corrected chi connectivity index (χ3v) is 6.35. The Morgan fingerprint density at radius 3 is 2.32 bits per heavy atom. The quantitative estimate of drug-likeness (QED) is 0.854. The summed E-state index contributed by atoms with van der Waals surface area (Å²) in [6.07, 6.45) is 7.44. The number of tetrazole rings is 1. The lowest BCUT2D eigenvalue weighted by Gasteiger charge is -2.45. The smallest absolute Gasteiger partial charge is 0.176 e. The summed E-state index contributed by atoms with van der Waals surface area (Å²) in [4.78, 5) is 2.68. The van der Waals surface area contributed by atoms with Crippen LogP contribution in [-0.4, -0.2) is 38.2 Å². The van der Waals surface area contributed by atoms with Gasteiger partial charge in [-0.1, -0.05) is 25.1 Å². The molecule has 25 heavy (non-hydrogen) atoms. The minimum atomic E-state index is 0.00122. The van der Waals surface area contributed by atoms with Gasteiger partial charge in [-0.25, -0.2) is 0 Å². The van der Waals surface area contributed by atoms with Crippen LogP contribution < -0.4 is 0 Å². The lowest BCUT2D eigenvalue weighted by atomic mass is 9.75. The number of hydrogen-bond acceptors (Lipinski definition) is 4. The van der Waals surface area contributed by atoms with E-state index < -0.39 is 0 Å². The van der Waals surface area contributed by atoms with Gasteiger partial charge >= 0.3 is 0 Å². The van der Waals surface area contributed by atoms with Gasteiger partial charge in [0.15, 0.2) is 5.82 Å². The third-order valence-electron chi connectivity index (χ3n) is 6.35. The van der Waals surface area contributed by atoms with E-state index in [0.717, 1.165) is 17.4 Å². The molecule has 1 aromatic heterocycles. The minimum Gasteiger partial charge on any atom is -0.291 e. The number of aromatic nitrogens is 4. The van der Waals surface area contributed by atoms with E-state index in [2.05, 4.69) is 59.4 Å². The SMILES string of the molecule is Cc1cccc(C)c1-n1nnnc1C1(N2CCCC2)CCC(C)CC1. The maximum atomic E-state index is 4.60. The molecule has 0 amide bonds. The Balaban J connectivity index is 1.83. The van der Waals surface area contributed by atoms with E-state index in [9.17, 15) is 0 Å². The van der Waals surface area contributed by atoms with Crippen LogP contribution in [0.3, 0.4) is 0 Å². The molecule has 1 saturated heterocycles. The van der Waals surface area contributed by atoms with E-state index in [1.807, 2.05) is 4.68 Å². The van der Waals surface area contributed by atoms with Crippen molar-refractivity contribution in [3.8, 4) is 5.69 Å². The molecule has 2 fully saturated rings. The van der Waals surface area contributed by atoms with Crippen LogP contribution in [0.15, 0.2) is 18.2 Å². The summed E-state index contributed by atoms with van der Waals surface area (Å²) in [6, 6.07) is 6.41. The van der Waals surface area contributed by atoms with Crippen molar-refractivity contribution in [2.24, 2.45) is 5.92 Å². The number of nitrogens with zero attached hydrogens (tertiary/aromatic N) is 5. The highest BCUT2D eigenvalue weighted by molar-refractivity contribution is 5.47. The van der Waals surface area contributed by atoms with Gasteiger partial charge in [-0.3, -0.25) is 4.90 Å². The second kappa shape index (κ2) is 6.52.